The largest absolute Gasteiger partial charge is 0.490 e. The lowest BCUT2D eigenvalue weighted by Gasteiger charge is -2.16. The van der Waals surface area contributed by atoms with Crippen LogP contribution in [0.3, 0.4) is 0 Å². The molecular weight excluding hydrogens is 403 g/mol. The summed E-state index contributed by atoms with van der Waals surface area (Å²) in [6.07, 6.45) is -4.16. The number of hydrogen-bond acceptors (Lipinski definition) is 7. The number of nitrogens with zero attached hydrogens (tertiary/aromatic N) is 3. The summed E-state index contributed by atoms with van der Waals surface area (Å²) in [5.74, 6) is -1.83. The topological polar surface area (TPSA) is 132 Å². The molecule has 1 aromatic carbocycles. The Kier molecular flexibility index (Phi) is 5.22. The zero-order valence-electron chi connectivity index (χ0n) is 14.2. The van der Waals surface area contributed by atoms with E-state index in [0.717, 1.165) is 30.5 Å². The molecule has 0 spiro atoms. The van der Waals surface area contributed by atoms with Crippen LogP contribution in [0.15, 0.2) is 22.6 Å². The number of rotatable bonds is 1. The molecule has 28 heavy (non-hydrogen) atoms. The van der Waals surface area contributed by atoms with E-state index >= 15 is 0 Å². The summed E-state index contributed by atoms with van der Waals surface area (Å²) in [5, 5.41) is 8.60. The Bertz CT molecular complexity index is 1040. The number of aromatic nitrogens is 2. The molecule has 150 valence electrons. The van der Waals surface area contributed by atoms with Gasteiger partial charge in [0, 0.05) is 29.5 Å². The van der Waals surface area contributed by atoms with Gasteiger partial charge in [-0.1, -0.05) is 11.6 Å². The smallest absolute Gasteiger partial charge is 0.475 e. The van der Waals surface area contributed by atoms with Crippen LogP contribution in [0.5, 0.6) is 0 Å². The minimum atomic E-state index is -5.08. The summed E-state index contributed by atoms with van der Waals surface area (Å²) in [5.41, 5.74) is 13.9. The number of carboxylic acid groups (broad SMARTS) is 1. The van der Waals surface area contributed by atoms with E-state index in [1.54, 1.807) is 6.07 Å². The highest BCUT2D eigenvalue weighted by atomic mass is 35.5. The quantitative estimate of drug-likeness (QED) is 0.550. The molecule has 5 N–H and O–H groups in total. The van der Waals surface area contributed by atoms with Crippen molar-refractivity contribution in [2.24, 2.45) is 5.73 Å². The second-order valence-electron chi connectivity index (χ2n) is 6.12. The maximum absolute atomic E-state index is 10.6. The first-order chi connectivity index (χ1) is 13.1. The number of alkyl halides is 3. The predicted octanol–water partition coefficient (Wildman–Crippen LogP) is 2.78. The first-order valence-electron chi connectivity index (χ1n) is 8.02. The number of benzene rings is 1. The summed E-state index contributed by atoms with van der Waals surface area (Å²) in [4.78, 5) is 19.6. The number of nitrogens with two attached hydrogens (primary N) is 2. The van der Waals surface area contributed by atoms with Gasteiger partial charge < -0.3 is 25.9 Å². The molecule has 1 atom stereocenters. The Balaban J connectivity index is 0.000000279. The van der Waals surface area contributed by atoms with Crippen molar-refractivity contribution >= 4 is 51.4 Å². The van der Waals surface area contributed by atoms with Gasteiger partial charge >= 0.3 is 12.1 Å². The third kappa shape index (κ3) is 4.04. The Morgan fingerprint density at radius 3 is 2.61 bits per heavy atom. The third-order valence-electron chi connectivity index (χ3n) is 4.04. The molecule has 1 unspecified atom stereocenters. The fourth-order valence-electron chi connectivity index (χ4n) is 2.81. The monoisotopic (exact) mass is 417 g/mol. The van der Waals surface area contributed by atoms with E-state index in [-0.39, 0.29) is 12.0 Å². The fourth-order valence-corrected chi connectivity index (χ4v) is 2.98. The van der Waals surface area contributed by atoms with E-state index in [0.29, 0.717) is 21.9 Å². The van der Waals surface area contributed by atoms with Crippen LogP contribution in [0.2, 0.25) is 5.02 Å². The lowest BCUT2D eigenvalue weighted by Crippen LogP contribution is -2.27. The Morgan fingerprint density at radius 2 is 2.04 bits per heavy atom. The van der Waals surface area contributed by atoms with Crippen LogP contribution in [0.1, 0.15) is 6.42 Å². The van der Waals surface area contributed by atoms with Crippen LogP contribution < -0.4 is 16.4 Å². The van der Waals surface area contributed by atoms with Gasteiger partial charge in [-0.25, -0.2) is 9.78 Å². The molecule has 1 saturated heterocycles. The highest BCUT2D eigenvalue weighted by Crippen LogP contribution is 2.35. The van der Waals surface area contributed by atoms with Crippen LogP contribution in [-0.4, -0.2) is 46.4 Å². The normalized spacial score (nSPS) is 17.0. The molecule has 0 aliphatic carbocycles. The van der Waals surface area contributed by atoms with E-state index in [1.807, 2.05) is 12.1 Å². The molecule has 1 aliphatic rings. The number of furan rings is 1. The maximum atomic E-state index is 10.6. The second kappa shape index (κ2) is 7.32. The van der Waals surface area contributed by atoms with Crippen molar-refractivity contribution in [3.8, 4) is 0 Å². The van der Waals surface area contributed by atoms with Gasteiger partial charge in [0.1, 0.15) is 11.1 Å². The van der Waals surface area contributed by atoms with Gasteiger partial charge in [-0.15, -0.1) is 0 Å². The summed E-state index contributed by atoms with van der Waals surface area (Å²) in [6.45, 7) is 1.58. The molecule has 3 aromatic rings. The van der Waals surface area contributed by atoms with E-state index in [2.05, 4.69) is 14.9 Å². The minimum absolute atomic E-state index is 0.148. The number of halogens is 4. The Hall–Kier alpha value is -2.79. The fraction of sp³-hybridized carbons (Fsp3) is 0.312. The zero-order valence-corrected chi connectivity index (χ0v) is 15.0. The average Bonchev–Trinajstić information content (AvgIpc) is 3.17. The molecule has 1 aliphatic heterocycles. The molecular formula is C16H15ClF3N5O3. The van der Waals surface area contributed by atoms with Crippen molar-refractivity contribution < 1.29 is 27.5 Å². The van der Waals surface area contributed by atoms with Gasteiger partial charge in [-0.2, -0.15) is 18.2 Å². The molecule has 4 rings (SSSR count). The van der Waals surface area contributed by atoms with Crippen molar-refractivity contribution in [1.82, 2.24) is 9.97 Å². The lowest BCUT2D eigenvalue weighted by atomic mass is 10.2. The van der Waals surface area contributed by atoms with Crippen molar-refractivity contribution in [3.63, 3.8) is 0 Å². The number of hydrogen-bond donors (Lipinski definition) is 3. The van der Waals surface area contributed by atoms with Crippen LogP contribution in [0.25, 0.3) is 22.1 Å². The lowest BCUT2D eigenvalue weighted by molar-refractivity contribution is -0.192. The van der Waals surface area contributed by atoms with Crippen LogP contribution in [-0.2, 0) is 4.79 Å². The summed E-state index contributed by atoms with van der Waals surface area (Å²) in [7, 11) is 0. The molecule has 0 saturated carbocycles. The van der Waals surface area contributed by atoms with Gasteiger partial charge in [-0.05, 0) is 24.6 Å². The van der Waals surface area contributed by atoms with E-state index < -0.39 is 12.1 Å². The molecule has 0 radical (unpaired) electrons. The molecule has 3 heterocycles. The summed E-state index contributed by atoms with van der Waals surface area (Å²) < 4.78 is 37.7. The number of aliphatic carboxylic acids is 1. The number of carbonyl (C=O) groups is 1. The van der Waals surface area contributed by atoms with Gasteiger partial charge in [0.2, 0.25) is 5.95 Å². The molecule has 0 bridgehead atoms. The highest BCUT2D eigenvalue weighted by Gasteiger charge is 2.38. The van der Waals surface area contributed by atoms with Crippen LogP contribution in [0, 0.1) is 0 Å². The predicted molar refractivity (Wildman–Crippen MR) is 97.2 cm³/mol. The number of anilines is 2. The molecule has 1 fully saturated rings. The highest BCUT2D eigenvalue weighted by molar-refractivity contribution is 6.31. The van der Waals surface area contributed by atoms with Crippen LogP contribution >= 0.6 is 11.6 Å². The number of fused-ring (bicyclic) bond motifs is 3. The van der Waals surface area contributed by atoms with Gasteiger partial charge in [-0.3, -0.25) is 0 Å². The first kappa shape index (κ1) is 20.0. The average molecular weight is 418 g/mol. The van der Waals surface area contributed by atoms with Gasteiger partial charge in [0.05, 0.1) is 0 Å². The second-order valence-corrected chi connectivity index (χ2v) is 6.56. The van der Waals surface area contributed by atoms with Gasteiger partial charge in [0.25, 0.3) is 0 Å². The molecule has 12 heteroatoms. The van der Waals surface area contributed by atoms with E-state index in [1.165, 1.54) is 0 Å². The third-order valence-corrected chi connectivity index (χ3v) is 4.28. The van der Waals surface area contributed by atoms with Crippen molar-refractivity contribution in [1.29, 1.82) is 0 Å². The molecule has 0 amide bonds. The van der Waals surface area contributed by atoms with Crippen molar-refractivity contribution in [2.45, 2.75) is 18.6 Å². The first-order valence-corrected chi connectivity index (χ1v) is 8.40. The SMILES string of the molecule is Nc1nc(N2CCC(N)C2)c2oc3ccc(Cl)cc3c2n1.O=C(O)C(F)(F)F. The minimum Gasteiger partial charge on any atom is -0.475 e. The van der Waals surface area contributed by atoms with E-state index in [9.17, 15) is 13.2 Å². The Morgan fingerprint density at radius 1 is 1.36 bits per heavy atom. The standard InChI is InChI=1S/C14H14ClN5O.C2HF3O2/c15-7-1-2-10-9(5-7)11-12(21-10)13(19-14(17)18-11)20-4-3-8(16)6-20;3-2(4,5)1(6)7/h1-2,5,8H,3-4,6,16H2,(H2,17,18,19);(H,6,7). The number of carboxylic acids is 1. The van der Waals surface area contributed by atoms with Gasteiger partial charge in [0.15, 0.2) is 11.4 Å². The zero-order chi connectivity index (χ0) is 20.6. The van der Waals surface area contributed by atoms with Crippen molar-refractivity contribution in [3.05, 3.63) is 23.2 Å². The van der Waals surface area contributed by atoms with Crippen molar-refractivity contribution in [2.75, 3.05) is 23.7 Å². The molecule has 8 nitrogen and oxygen atoms in total. The van der Waals surface area contributed by atoms with Crippen LogP contribution in [0.4, 0.5) is 24.9 Å². The van der Waals surface area contributed by atoms with E-state index in [4.69, 9.17) is 37.4 Å². The Labute approximate surface area is 160 Å². The maximum Gasteiger partial charge on any atom is 0.490 e. The molecule has 2 aromatic heterocycles. The summed E-state index contributed by atoms with van der Waals surface area (Å²) >= 11 is 6.06. The summed E-state index contributed by atoms with van der Waals surface area (Å²) in [6, 6.07) is 5.59. The number of nitrogen functional groups attached to an aromatic ring is 1.